The zero-order chi connectivity index (χ0) is 15.0. The van der Waals surface area contributed by atoms with E-state index < -0.39 is 12.0 Å². The van der Waals surface area contributed by atoms with Crippen molar-refractivity contribution in [3.63, 3.8) is 0 Å². The van der Waals surface area contributed by atoms with Gasteiger partial charge in [-0.15, -0.1) is 11.3 Å². The Morgan fingerprint density at radius 2 is 2.05 bits per heavy atom. The Bertz CT molecular complexity index is 868. The van der Waals surface area contributed by atoms with E-state index in [0.717, 1.165) is 15.7 Å². The molecule has 0 N–H and O–H groups in total. The van der Waals surface area contributed by atoms with Crippen molar-refractivity contribution in [1.82, 2.24) is 9.55 Å². The lowest BCUT2D eigenvalue weighted by atomic mass is 10.1. The van der Waals surface area contributed by atoms with Crippen LogP contribution in [0.1, 0.15) is 13.0 Å². The van der Waals surface area contributed by atoms with E-state index >= 15 is 0 Å². The lowest BCUT2D eigenvalue weighted by molar-refractivity contribution is -0.309. The number of benzene rings is 1. The van der Waals surface area contributed by atoms with E-state index in [1.54, 1.807) is 0 Å². The van der Waals surface area contributed by atoms with Gasteiger partial charge in [0.05, 0.1) is 23.7 Å². The SMILES string of the molecule is C[C@H](C(=O)[O-])n1cnc2scc(-c3ccccc3)c2c1=O. The molecule has 0 amide bonds. The molecule has 1 aromatic carbocycles. The highest BCUT2D eigenvalue weighted by molar-refractivity contribution is 7.17. The minimum atomic E-state index is -1.31. The molecule has 5 nitrogen and oxygen atoms in total. The summed E-state index contributed by atoms with van der Waals surface area (Å²) in [5, 5.41) is 13.3. The van der Waals surface area contributed by atoms with Gasteiger partial charge in [0.25, 0.3) is 5.56 Å². The molecule has 6 heteroatoms. The fourth-order valence-corrected chi connectivity index (χ4v) is 3.07. The topological polar surface area (TPSA) is 75.0 Å². The molecule has 3 aromatic rings. The Morgan fingerprint density at radius 1 is 1.33 bits per heavy atom. The number of aliphatic carboxylic acids is 1. The van der Waals surface area contributed by atoms with Crippen LogP contribution < -0.4 is 10.7 Å². The monoisotopic (exact) mass is 299 g/mol. The molecule has 1 atom stereocenters. The lowest BCUT2D eigenvalue weighted by Gasteiger charge is -2.15. The smallest absolute Gasteiger partial charge is 0.263 e. The van der Waals surface area contributed by atoms with Crippen LogP contribution in [0.4, 0.5) is 0 Å². The van der Waals surface area contributed by atoms with E-state index in [-0.39, 0.29) is 5.56 Å². The molecule has 0 bridgehead atoms. The molecule has 0 saturated heterocycles. The van der Waals surface area contributed by atoms with Gasteiger partial charge in [-0.25, -0.2) is 4.98 Å². The predicted octanol–water partition coefficient (Wildman–Crippen LogP) is 1.44. The minimum Gasteiger partial charge on any atom is -0.548 e. The van der Waals surface area contributed by atoms with Crippen molar-refractivity contribution in [1.29, 1.82) is 0 Å². The Hall–Kier alpha value is -2.47. The summed E-state index contributed by atoms with van der Waals surface area (Å²) < 4.78 is 1.09. The zero-order valence-corrected chi connectivity index (χ0v) is 12.0. The highest BCUT2D eigenvalue weighted by Crippen LogP contribution is 2.30. The van der Waals surface area contributed by atoms with Crippen LogP contribution >= 0.6 is 11.3 Å². The van der Waals surface area contributed by atoms with Crippen LogP contribution in [0.3, 0.4) is 0 Å². The first-order valence-corrected chi connectivity index (χ1v) is 7.22. The van der Waals surface area contributed by atoms with E-state index in [1.165, 1.54) is 24.6 Å². The van der Waals surface area contributed by atoms with Crippen molar-refractivity contribution in [2.45, 2.75) is 13.0 Å². The quantitative estimate of drug-likeness (QED) is 0.733. The average Bonchev–Trinajstić information content (AvgIpc) is 2.92. The number of hydrogen-bond acceptors (Lipinski definition) is 5. The number of hydrogen-bond donors (Lipinski definition) is 0. The lowest BCUT2D eigenvalue weighted by Crippen LogP contribution is -2.36. The Morgan fingerprint density at radius 3 is 2.71 bits per heavy atom. The molecule has 0 aliphatic rings. The third-order valence-corrected chi connectivity index (χ3v) is 4.25. The van der Waals surface area contributed by atoms with Gasteiger partial charge in [0.15, 0.2) is 0 Å². The number of rotatable bonds is 3. The minimum absolute atomic E-state index is 0.364. The van der Waals surface area contributed by atoms with E-state index in [9.17, 15) is 14.7 Å². The van der Waals surface area contributed by atoms with E-state index in [2.05, 4.69) is 4.98 Å². The van der Waals surface area contributed by atoms with Gasteiger partial charge in [-0.2, -0.15) is 0 Å². The van der Waals surface area contributed by atoms with Gasteiger partial charge < -0.3 is 9.90 Å². The van der Waals surface area contributed by atoms with Gasteiger partial charge in [-0.3, -0.25) is 9.36 Å². The molecule has 0 fully saturated rings. The van der Waals surface area contributed by atoms with Gasteiger partial charge >= 0.3 is 0 Å². The van der Waals surface area contributed by atoms with Crippen LogP contribution in [0.5, 0.6) is 0 Å². The number of nitrogens with zero attached hydrogens (tertiary/aromatic N) is 2. The Kier molecular flexibility index (Phi) is 3.31. The number of aromatic nitrogens is 2. The van der Waals surface area contributed by atoms with Gasteiger partial charge in [0, 0.05) is 10.9 Å². The van der Waals surface area contributed by atoms with Crippen molar-refractivity contribution in [3.8, 4) is 11.1 Å². The normalized spacial score (nSPS) is 12.4. The molecule has 0 aliphatic carbocycles. The molecule has 3 rings (SSSR count). The second-order valence-corrected chi connectivity index (χ2v) is 5.51. The van der Waals surface area contributed by atoms with Crippen molar-refractivity contribution in [2.75, 3.05) is 0 Å². The summed E-state index contributed by atoms with van der Waals surface area (Å²) in [6, 6.07) is 8.42. The number of carbonyl (C=O) groups excluding carboxylic acids is 1. The second kappa shape index (κ2) is 5.14. The highest BCUT2D eigenvalue weighted by Gasteiger charge is 2.16. The second-order valence-electron chi connectivity index (χ2n) is 4.65. The predicted molar refractivity (Wildman–Crippen MR) is 79.0 cm³/mol. The first-order valence-electron chi connectivity index (χ1n) is 6.34. The summed E-state index contributed by atoms with van der Waals surface area (Å²) in [5.41, 5.74) is 1.31. The van der Waals surface area contributed by atoms with E-state index in [1.807, 2.05) is 35.7 Å². The van der Waals surface area contributed by atoms with Crippen LogP contribution in [-0.4, -0.2) is 15.5 Å². The van der Waals surface area contributed by atoms with E-state index in [0.29, 0.717) is 10.2 Å². The number of carboxylic acid groups (broad SMARTS) is 1. The first kappa shape index (κ1) is 13.5. The van der Waals surface area contributed by atoms with E-state index in [4.69, 9.17) is 0 Å². The molecule has 0 radical (unpaired) electrons. The van der Waals surface area contributed by atoms with Gasteiger partial charge in [-0.1, -0.05) is 30.3 Å². The molecular formula is C15H11N2O3S-. The van der Waals surface area contributed by atoms with Crippen molar-refractivity contribution in [3.05, 3.63) is 52.4 Å². The fourth-order valence-electron chi connectivity index (χ4n) is 2.17. The molecule has 106 valence electrons. The van der Waals surface area contributed by atoms with Crippen LogP contribution in [-0.2, 0) is 4.79 Å². The maximum atomic E-state index is 12.6. The maximum absolute atomic E-state index is 12.6. The summed E-state index contributed by atoms with van der Waals surface area (Å²) >= 11 is 1.36. The molecule has 21 heavy (non-hydrogen) atoms. The standard InChI is InChI=1S/C15H12N2O3S/c1-9(15(19)20)17-8-16-13-12(14(17)18)11(7-21-13)10-5-3-2-4-6-10/h2-9H,1H3,(H,19,20)/p-1/t9-/m1/s1. The van der Waals surface area contributed by atoms with Crippen LogP contribution in [0.2, 0.25) is 0 Å². The third kappa shape index (κ3) is 2.23. The van der Waals surface area contributed by atoms with Crippen molar-refractivity contribution >= 4 is 27.5 Å². The van der Waals surface area contributed by atoms with Gasteiger partial charge in [0.1, 0.15) is 4.83 Å². The molecule has 0 unspecified atom stereocenters. The number of fused-ring (bicyclic) bond motifs is 1. The fraction of sp³-hybridized carbons (Fsp3) is 0.133. The highest BCUT2D eigenvalue weighted by atomic mass is 32.1. The first-order chi connectivity index (χ1) is 10.1. The van der Waals surface area contributed by atoms with Gasteiger partial charge in [0.2, 0.25) is 0 Å². The molecule has 2 heterocycles. The number of carboxylic acids is 1. The van der Waals surface area contributed by atoms with Crippen LogP contribution in [0.15, 0.2) is 46.8 Å². The number of carbonyl (C=O) groups is 1. The number of thiophene rings is 1. The summed E-state index contributed by atoms with van der Waals surface area (Å²) in [4.78, 5) is 28.3. The summed E-state index contributed by atoms with van der Waals surface area (Å²) in [6.45, 7) is 1.40. The van der Waals surface area contributed by atoms with Crippen LogP contribution in [0, 0.1) is 0 Å². The average molecular weight is 299 g/mol. The summed E-state index contributed by atoms with van der Waals surface area (Å²) in [6.07, 6.45) is 1.26. The van der Waals surface area contributed by atoms with Crippen molar-refractivity contribution in [2.24, 2.45) is 0 Å². The van der Waals surface area contributed by atoms with Crippen molar-refractivity contribution < 1.29 is 9.90 Å². The van der Waals surface area contributed by atoms with Crippen LogP contribution in [0.25, 0.3) is 21.3 Å². The summed E-state index contributed by atoms with van der Waals surface area (Å²) in [7, 11) is 0. The molecular weight excluding hydrogens is 288 g/mol. The third-order valence-electron chi connectivity index (χ3n) is 3.36. The Labute approximate surface area is 124 Å². The largest absolute Gasteiger partial charge is 0.548 e. The molecule has 0 saturated carbocycles. The molecule has 2 aromatic heterocycles. The molecule has 0 spiro atoms. The maximum Gasteiger partial charge on any atom is 0.263 e. The zero-order valence-electron chi connectivity index (χ0n) is 11.1. The molecule has 0 aliphatic heterocycles. The summed E-state index contributed by atoms with van der Waals surface area (Å²) in [5.74, 6) is -1.31. The Balaban J connectivity index is 2.28. The van der Waals surface area contributed by atoms with Gasteiger partial charge in [-0.05, 0) is 12.5 Å².